The number of ether oxygens (including phenoxy) is 2. The largest absolute Gasteiger partial charge is 0.493 e. The van der Waals surface area contributed by atoms with E-state index in [0.717, 1.165) is 17.0 Å². The van der Waals surface area contributed by atoms with Gasteiger partial charge in [0.25, 0.3) is 0 Å². The fourth-order valence-corrected chi connectivity index (χ4v) is 2.46. The van der Waals surface area contributed by atoms with Crippen molar-refractivity contribution < 1.29 is 14.3 Å². The second kappa shape index (κ2) is 9.54. The zero-order valence-electron chi connectivity index (χ0n) is 15.6. The van der Waals surface area contributed by atoms with Gasteiger partial charge in [-0.25, -0.2) is 0 Å². The van der Waals surface area contributed by atoms with Gasteiger partial charge in [-0.05, 0) is 49.0 Å². The number of amides is 1. The summed E-state index contributed by atoms with van der Waals surface area (Å²) in [6, 6.07) is 12.8. The van der Waals surface area contributed by atoms with Crippen molar-refractivity contribution in [3.63, 3.8) is 0 Å². The number of anilines is 2. The van der Waals surface area contributed by atoms with Crippen LogP contribution in [-0.4, -0.2) is 31.0 Å². The lowest BCUT2D eigenvalue weighted by atomic mass is 10.1. The van der Waals surface area contributed by atoms with Crippen LogP contribution in [0.15, 0.2) is 47.6 Å². The van der Waals surface area contributed by atoms with Crippen LogP contribution in [0.25, 0.3) is 0 Å². The number of methoxy groups -OCH3 is 2. The van der Waals surface area contributed by atoms with E-state index in [2.05, 4.69) is 21.2 Å². The van der Waals surface area contributed by atoms with Gasteiger partial charge in [-0.1, -0.05) is 12.1 Å². The van der Waals surface area contributed by atoms with Gasteiger partial charge in [0, 0.05) is 24.4 Å². The summed E-state index contributed by atoms with van der Waals surface area (Å²) < 4.78 is 10.5. The van der Waals surface area contributed by atoms with Crippen LogP contribution in [0.1, 0.15) is 19.4 Å². The molecule has 0 spiro atoms. The molecule has 0 aromatic heterocycles. The molecule has 0 unspecified atom stereocenters. The third kappa shape index (κ3) is 5.96. The molecule has 0 heterocycles. The lowest BCUT2D eigenvalue weighted by Crippen LogP contribution is -2.25. The van der Waals surface area contributed by atoms with Crippen LogP contribution in [0, 0.1) is 0 Å². The summed E-state index contributed by atoms with van der Waals surface area (Å²) in [6.07, 6.45) is 0. The molecule has 0 saturated carbocycles. The number of benzene rings is 2. The van der Waals surface area contributed by atoms with Gasteiger partial charge in [-0.15, -0.1) is 0 Å². The molecule has 0 aliphatic rings. The van der Waals surface area contributed by atoms with Gasteiger partial charge in [-0.3, -0.25) is 10.2 Å². The minimum absolute atomic E-state index is 0.125. The Morgan fingerprint density at radius 1 is 0.963 bits per heavy atom. The fourth-order valence-electron chi connectivity index (χ4n) is 2.30. The second-order valence-electron chi connectivity index (χ2n) is 5.59. The van der Waals surface area contributed by atoms with Gasteiger partial charge in [0.2, 0.25) is 5.91 Å². The van der Waals surface area contributed by atoms with Crippen molar-refractivity contribution >= 4 is 40.3 Å². The average Bonchev–Trinajstić information content (AvgIpc) is 2.65. The molecule has 0 atom stereocenters. The van der Waals surface area contributed by atoms with E-state index in [0.29, 0.717) is 22.3 Å². The molecule has 2 aromatic carbocycles. The Bertz CT molecular complexity index is 868. The van der Waals surface area contributed by atoms with Crippen molar-refractivity contribution in [2.24, 2.45) is 5.10 Å². The smallest absolute Gasteiger partial charge is 0.221 e. The molecule has 27 heavy (non-hydrogen) atoms. The topological polar surface area (TPSA) is 84.0 Å². The van der Waals surface area contributed by atoms with E-state index >= 15 is 0 Å². The summed E-state index contributed by atoms with van der Waals surface area (Å²) in [7, 11) is 3.15. The van der Waals surface area contributed by atoms with E-state index in [1.54, 1.807) is 26.4 Å². The number of rotatable bonds is 6. The molecule has 1 amide bonds. The van der Waals surface area contributed by atoms with Crippen molar-refractivity contribution in [1.29, 1.82) is 0 Å². The lowest BCUT2D eigenvalue weighted by Gasteiger charge is -2.12. The molecule has 7 nitrogen and oxygen atoms in total. The van der Waals surface area contributed by atoms with Crippen molar-refractivity contribution in [1.82, 2.24) is 5.43 Å². The molecule has 0 saturated heterocycles. The number of hydrazone groups is 1. The Balaban J connectivity index is 2.02. The predicted molar refractivity (Wildman–Crippen MR) is 112 cm³/mol. The zero-order valence-corrected chi connectivity index (χ0v) is 16.4. The van der Waals surface area contributed by atoms with E-state index in [4.69, 9.17) is 21.7 Å². The summed E-state index contributed by atoms with van der Waals surface area (Å²) in [5, 5.41) is 10.4. The van der Waals surface area contributed by atoms with E-state index in [1.807, 2.05) is 37.3 Å². The van der Waals surface area contributed by atoms with Crippen molar-refractivity contribution in [3.05, 3.63) is 48.0 Å². The standard InChI is InChI=1S/C19H22N4O3S/c1-12(14-6-5-7-15(10-14)20-13(2)24)22-23-19(27)21-16-8-9-17(25-3)18(11-16)26-4/h5-11H,1-4H3,(H,20,24)(H2,21,23,27)/b22-12-. The first-order valence-corrected chi connectivity index (χ1v) is 8.55. The van der Waals surface area contributed by atoms with Gasteiger partial charge in [0.1, 0.15) is 0 Å². The molecule has 2 rings (SSSR count). The molecular formula is C19H22N4O3S. The molecule has 0 fully saturated rings. The number of carbonyl (C=O) groups is 1. The highest BCUT2D eigenvalue weighted by molar-refractivity contribution is 7.80. The van der Waals surface area contributed by atoms with Gasteiger partial charge in [0.05, 0.1) is 19.9 Å². The number of hydrogen-bond donors (Lipinski definition) is 3. The summed E-state index contributed by atoms with van der Waals surface area (Å²) in [6.45, 7) is 3.31. The third-order valence-corrected chi connectivity index (χ3v) is 3.76. The number of carbonyl (C=O) groups excluding carboxylic acids is 1. The molecular weight excluding hydrogens is 364 g/mol. The average molecular weight is 386 g/mol. The van der Waals surface area contributed by atoms with Gasteiger partial charge in [0.15, 0.2) is 16.6 Å². The lowest BCUT2D eigenvalue weighted by molar-refractivity contribution is -0.114. The first-order chi connectivity index (χ1) is 12.9. The third-order valence-electron chi connectivity index (χ3n) is 3.57. The first kappa shape index (κ1) is 20.2. The second-order valence-corrected chi connectivity index (χ2v) is 6.00. The van der Waals surface area contributed by atoms with Crippen LogP contribution in [0.4, 0.5) is 11.4 Å². The minimum Gasteiger partial charge on any atom is -0.493 e. The summed E-state index contributed by atoms with van der Waals surface area (Å²) >= 11 is 5.27. The quantitative estimate of drug-likeness (QED) is 0.401. The van der Waals surface area contributed by atoms with Crippen LogP contribution in [0.5, 0.6) is 11.5 Å². The van der Waals surface area contributed by atoms with Crippen LogP contribution in [-0.2, 0) is 4.79 Å². The Morgan fingerprint density at radius 2 is 1.67 bits per heavy atom. The maximum atomic E-state index is 11.2. The van der Waals surface area contributed by atoms with Crippen molar-refractivity contribution in [2.75, 3.05) is 24.9 Å². The molecule has 0 aliphatic carbocycles. The van der Waals surface area contributed by atoms with Crippen LogP contribution in [0.2, 0.25) is 0 Å². The van der Waals surface area contributed by atoms with Gasteiger partial charge in [-0.2, -0.15) is 5.10 Å². The maximum Gasteiger partial charge on any atom is 0.221 e. The van der Waals surface area contributed by atoms with Crippen LogP contribution < -0.4 is 25.5 Å². The molecule has 0 bridgehead atoms. The SMILES string of the molecule is COc1ccc(NC(=S)N/N=C(/C)c2cccc(NC(C)=O)c2)cc1OC. The van der Waals surface area contributed by atoms with Gasteiger partial charge >= 0.3 is 0 Å². The number of hydrogen-bond acceptors (Lipinski definition) is 5. The highest BCUT2D eigenvalue weighted by Crippen LogP contribution is 2.29. The van der Waals surface area contributed by atoms with Crippen molar-refractivity contribution in [2.45, 2.75) is 13.8 Å². The zero-order chi connectivity index (χ0) is 19.8. The first-order valence-electron chi connectivity index (χ1n) is 8.14. The molecule has 142 valence electrons. The highest BCUT2D eigenvalue weighted by atomic mass is 32.1. The summed E-state index contributed by atoms with van der Waals surface area (Å²) in [5.41, 5.74) is 5.84. The Kier molecular flexibility index (Phi) is 7.13. The molecule has 8 heteroatoms. The summed E-state index contributed by atoms with van der Waals surface area (Å²) in [5.74, 6) is 1.11. The summed E-state index contributed by atoms with van der Waals surface area (Å²) in [4.78, 5) is 11.2. The Morgan fingerprint density at radius 3 is 2.33 bits per heavy atom. The molecule has 0 radical (unpaired) electrons. The predicted octanol–water partition coefficient (Wildman–Crippen LogP) is 3.37. The number of nitrogens with one attached hydrogen (secondary N) is 3. The van der Waals surface area contributed by atoms with Crippen LogP contribution in [0.3, 0.4) is 0 Å². The highest BCUT2D eigenvalue weighted by Gasteiger charge is 2.06. The minimum atomic E-state index is -0.125. The Hall–Kier alpha value is -3.13. The van der Waals surface area contributed by atoms with E-state index < -0.39 is 0 Å². The van der Waals surface area contributed by atoms with E-state index in [-0.39, 0.29) is 5.91 Å². The monoisotopic (exact) mass is 386 g/mol. The van der Waals surface area contributed by atoms with Crippen molar-refractivity contribution in [3.8, 4) is 11.5 Å². The molecule has 2 aromatic rings. The number of nitrogens with zero attached hydrogens (tertiary/aromatic N) is 1. The maximum absolute atomic E-state index is 11.2. The normalized spacial score (nSPS) is 10.7. The van der Waals surface area contributed by atoms with Gasteiger partial charge < -0.3 is 20.1 Å². The number of thiocarbonyl (C=S) groups is 1. The Labute approximate surface area is 163 Å². The van der Waals surface area contributed by atoms with E-state index in [1.165, 1.54) is 6.92 Å². The van der Waals surface area contributed by atoms with Crippen LogP contribution >= 0.6 is 12.2 Å². The van der Waals surface area contributed by atoms with E-state index in [9.17, 15) is 4.79 Å². The molecule has 0 aliphatic heterocycles. The fraction of sp³-hybridized carbons (Fsp3) is 0.211. The molecule has 3 N–H and O–H groups in total.